The zero-order valence-electron chi connectivity index (χ0n) is 13.1. The Kier molecular flexibility index (Phi) is 5.24. The van der Waals surface area contributed by atoms with Crippen molar-refractivity contribution in [2.24, 2.45) is 18.4 Å². The van der Waals surface area contributed by atoms with Crippen LogP contribution >= 0.6 is 15.9 Å². The first-order valence-electron chi connectivity index (χ1n) is 7.70. The molecule has 0 amide bonds. The summed E-state index contributed by atoms with van der Waals surface area (Å²) in [6.07, 6.45) is 5.00. The summed E-state index contributed by atoms with van der Waals surface area (Å²) in [6, 6.07) is 0. The van der Waals surface area contributed by atoms with Crippen LogP contribution in [0.2, 0.25) is 0 Å². The maximum Gasteiger partial charge on any atom is 0.151 e. The Bertz CT molecular complexity index is 422. The van der Waals surface area contributed by atoms with E-state index in [1.807, 2.05) is 11.7 Å². The van der Waals surface area contributed by atoms with E-state index in [4.69, 9.17) is 0 Å². The Morgan fingerprint density at radius 2 is 2.20 bits per heavy atom. The van der Waals surface area contributed by atoms with Crippen LogP contribution in [-0.4, -0.2) is 28.1 Å². The molecule has 0 radical (unpaired) electrons. The lowest BCUT2D eigenvalue weighted by atomic mass is 9.66. The number of rotatable bonds is 5. The predicted molar refractivity (Wildman–Crippen MR) is 85.7 cm³/mol. The van der Waals surface area contributed by atoms with E-state index in [2.05, 4.69) is 52.3 Å². The van der Waals surface area contributed by atoms with E-state index in [0.29, 0.717) is 17.3 Å². The molecule has 0 aromatic carbocycles. The van der Waals surface area contributed by atoms with Crippen LogP contribution in [0.5, 0.6) is 0 Å². The zero-order chi connectivity index (χ0) is 14.8. The van der Waals surface area contributed by atoms with E-state index in [9.17, 15) is 0 Å². The number of aromatic nitrogens is 3. The molecule has 0 spiro atoms. The monoisotopic (exact) mass is 342 g/mol. The maximum absolute atomic E-state index is 4.18. The van der Waals surface area contributed by atoms with Gasteiger partial charge in [-0.3, -0.25) is 4.68 Å². The SMILES string of the molecule is CCCNCC1CCC(C)(C)CC1c1c(Br)nnn1C. The fourth-order valence-electron chi connectivity index (χ4n) is 3.40. The van der Waals surface area contributed by atoms with Crippen LogP contribution in [0.4, 0.5) is 0 Å². The van der Waals surface area contributed by atoms with Crippen LogP contribution in [0.15, 0.2) is 4.60 Å². The second-order valence-electron chi connectivity index (χ2n) is 6.87. The molecule has 1 saturated carbocycles. The minimum atomic E-state index is 0.412. The number of hydrogen-bond donors (Lipinski definition) is 1. The summed E-state index contributed by atoms with van der Waals surface area (Å²) in [7, 11) is 2.01. The van der Waals surface area contributed by atoms with Crippen LogP contribution in [0.25, 0.3) is 0 Å². The van der Waals surface area contributed by atoms with Crippen molar-refractivity contribution in [3.8, 4) is 0 Å². The summed E-state index contributed by atoms with van der Waals surface area (Å²) in [5, 5.41) is 11.9. The van der Waals surface area contributed by atoms with E-state index in [1.165, 1.54) is 31.4 Å². The maximum atomic E-state index is 4.18. The molecule has 1 aromatic heterocycles. The molecule has 0 bridgehead atoms. The van der Waals surface area contributed by atoms with Crippen molar-refractivity contribution < 1.29 is 0 Å². The summed E-state index contributed by atoms with van der Waals surface area (Å²) in [5.74, 6) is 1.22. The van der Waals surface area contributed by atoms with Crippen molar-refractivity contribution in [2.75, 3.05) is 13.1 Å². The molecule has 1 N–H and O–H groups in total. The van der Waals surface area contributed by atoms with E-state index in [-0.39, 0.29) is 0 Å². The van der Waals surface area contributed by atoms with Gasteiger partial charge in [0.05, 0.1) is 5.69 Å². The standard InChI is InChI=1S/C15H27BrN4/c1-5-8-17-10-11-6-7-15(2,3)9-12(11)13-14(16)18-19-20(13)4/h11-12,17H,5-10H2,1-4H3. The Hall–Kier alpha value is -0.420. The zero-order valence-corrected chi connectivity index (χ0v) is 14.7. The lowest BCUT2D eigenvalue weighted by Gasteiger charge is -2.41. The van der Waals surface area contributed by atoms with Gasteiger partial charge >= 0.3 is 0 Å². The Morgan fingerprint density at radius 3 is 2.80 bits per heavy atom. The smallest absolute Gasteiger partial charge is 0.151 e. The van der Waals surface area contributed by atoms with E-state index < -0.39 is 0 Å². The van der Waals surface area contributed by atoms with E-state index >= 15 is 0 Å². The second-order valence-corrected chi connectivity index (χ2v) is 7.62. The summed E-state index contributed by atoms with van der Waals surface area (Å²) < 4.78 is 2.87. The fraction of sp³-hybridized carbons (Fsp3) is 0.867. The van der Waals surface area contributed by atoms with Crippen LogP contribution in [0.3, 0.4) is 0 Å². The van der Waals surface area contributed by atoms with Gasteiger partial charge in [-0.05, 0) is 66.0 Å². The van der Waals surface area contributed by atoms with Crippen LogP contribution in [0.1, 0.15) is 58.1 Å². The molecule has 5 heteroatoms. The van der Waals surface area contributed by atoms with Gasteiger partial charge in [-0.15, -0.1) is 5.10 Å². The molecular weight excluding hydrogens is 316 g/mol. The summed E-state index contributed by atoms with van der Waals surface area (Å²) in [4.78, 5) is 0. The topological polar surface area (TPSA) is 42.7 Å². The number of nitrogens with one attached hydrogen (secondary N) is 1. The summed E-state index contributed by atoms with van der Waals surface area (Å²) in [5.41, 5.74) is 1.68. The number of hydrogen-bond acceptors (Lipinski definition) is 3. The van der Waals surface area contributed by atoms with Gasteiger partial charge < -0.3 is 5.32 Å². The highest BCUT2D eigenvalue weighted by Crippen LogP contribution is 2.47. The van der Waals surface area contributed by atoms with Gasteiger partial charge in [0, 0.05) is 13.0 Å². The van der Waals surface area contributed by atoms with Crippen molar-refractivity contribution in [2.45, 2.75) is 52.4 Å². The molecule has 2 atom stereocenters. The quantitative estimate of drug-likeness (QED) is 0.833. The van der Waals surface area contributed by atoms with Crippen LogP contribution in [0, 0.1) is 11.3 Å². The average molecular weight is 343 g/mol. The van der Waals surface area contributed by atoms with Crippen molar-refractivity contribution in [1.82, 2.24) is 20.3 Å². The van der Waals surface area contributed by atoms with Gasteiger partial charge in [-0.2, -0.15) is 0 Å². The minimum absolute atomic E-state index is 0.412. The molecule has 1 heterocycles. The number of halogens is 1. The molecule has 1 aliphatic carbocycles. The van der Waals surface area contributed by atoms with Crippen LogP contribution < -0.4 is 5.32 Å². The molecule has 20 heavy (non-hydrogen) atoms. The fourth-order valence-corrected chi connectivity index (χ4v) is 4.02. The van der Waals surface area contributed by atoms with Gasteiger partial charge in [0.1, 0.15) is 0 Å². The molecule has 1 fully saturated rings. The second kappa shape index (κ2) is 6.56. The molecule has 4 nitrogen and oxygen atoms in total. The molecule has 0 saturated heterocycles. The van der Waals surface area contributed by atoms with Crippen LogP contribution in [-0.2, 0) is 7.05 Å². The van der Waals surface area contributed by atoms with Crippen molar-refractivity contribution in [1.29, 1.82) is 0 Å². The van der Waals surface area contributed by atoms with Gasteiger partial charge in [-0.1, -0.05) is 26.0 Å². The highest BCUT2D eigenvalue weighted by molar-refractivity contribution is 9.10. The summed E-state index contributed by atoms with van der Waals surface area (Å²) in [6.45, 7) is 9.19. The Balaban J connectivity index is 2.18. The lowest BCUT2D eigenvalue weighted by molar-refractivity contribution is 0.155. The Labute approximate surface area is 130 Å². The minimum Gasteiger partial charge on any atom is -0.316 e. The summed E-state index contributed by atoms with van der Waals surface area (Å²) >= 11 is 3.58. The van der Waals surface area contributed by atoms with Gasteiger partial charge in [0.2, 0.25) is 0 Å². The van der Waals surface area contributed by atoms with Gasteiger partial charge in [-0.25, -0.2) is 0 Å². The lowest BCUT2D eigenvalue weighted by Crippen LogP contribution is -2.36. The van der Waals surface area contributed by atoms with Crippen molar-refractivity contribution in [3.63, 3.8) is 0 Å². The molecular formula is C15H27BrN4. The van der Waals surface area contributed by atoms with Crippen molar-refractivity contribution >= 4 is 15.9 Å². The van der Waals surface area contributed by atoms with E-state index in [1.54, 1.807) is 0 Å². The molecule has 1 aromatic rings. The van der Waals surface area contributed by atoms with Crippen molar-refractivity contribution in [3.05, 3.63) is 10.3 Å². The Morgan fingerprint density at radius 1 is 1.45 bits per heavy atom. The number of nitrogens with zero attached hydrogens (tertiary/aromatic N) is 3. The number of aryl methyl sites for hydroxylation is 1. The predicted octanol–water partition coefficient (Wildman–Crippen LogP) is 3.49. The first-order chi connectivity index (χ1) is 9.44. The highest BCUT2D eigenvalue weighted by Gasteiger charge is 2.38. The first kappa shape index (κ1) is 16.0. The molecule has 0 aliphatic heterocycles. The molecule has 2 unspecified atom stereocenters. The average Bonchev–Trinajstić information content (AvgIpc) is 2.71. The molecule has 114 valence electrons. The van der Waals surface area contributed by atoms with E-state index in [0.717, 1.165) is 17.7 Å². The third kappa shape index (κ3) is 3.61. The first-order valence-corrected chi connectivity index (χ1v) is 8.49. The molecule has 1 aliphatic rings. The molecule has 2 rings (SSSR count). The normalized spacial score (nSPS) is 25.9. The largest absolute Gasteiger partial charge is 0.316 e. The highest BCUT2D eigenvalue weighted by atomic mass is 79.9. The van der Waals surface area contributed by atoms with Gasteiger partial charge in [0.15, 0.2) is 4.60 Å². The third-order valence-electron chi connectivity index (χ3n) is 4.54. The third-order valence-corrected chi connectivity index (χ3v) is 5.11. The van der Waals surface area contributed by atoms with Gasteiger partial charge in [0.25, 0.3) is 0 Å².